The number of hydrogen-bond donors (Lipinski definition) is 1. The molecule has 5 nitrogen and oxygen atoms in total. The quantitative estimate of drug-likeness (QED) is 0.363. The van der Waals surface area contributed by atoms with Crippen molar-refractivity contribution in [2.75, 3.05) is 0 Å². The van der Waals surface area contributed by atoms with Crippen molar-refractivity contribution in [1.29, 1.82) is 0 Å². The molecular formula is C25H16AsCl2F2N3O2. The molecule has 2 N–H and O–H groups in total. The normalized spacial score (nSPS) is 12.6. The van der Waals surface area contributed by atoms with Crippen LogP contribution in [0.25, 0.3) is 16.9 Å². The van der Waals surface area contributed by atoms with E-state index in [1.165, 1.54) is 10.7 Å². The Hall–Kier alpha value is -2.99. The van der Waals surface area contributed by atoms with Crippen LogP contribution in [0.3, 0.4) is 0 Å². The fourth-order valence-electron chi connectivity index (χ4n) is 4.20. The van der Waals surface area contributed by atoms with Gasteiger partial charge in [-0.05, 0) is 0 Å². The number of halogens is 4. The second-order valence-electron chi connectivity index (χ2n) is 7.98. The Balaban J connectivity index is 1.62. The Kier molecular flexibility index (Phi) is 6.26. The first-order valence-corrected chi connectivity index (χ1v) is 13.4. The average molecular weight is 574 g/mol. The minimum absolute atomic E-state index is 0.0820. The number of carbonyl (C=O) groups excluding carboxylic acids is 2. The molecule has 1 heterocycles. The van der Waals surface area contributed by atoms with E-state index in [0.29, 0.717) is 34.7 Å². The first-order chi connectivity index (χ1) is 16.7. The second kappa shape index (κ2) is 9.23. The van der Waals surface area contributed by atoms with Crippen molar-refractivity contribution < 1.29 is 18.4 Å². The first-order valence-electron chi connectivity index (χ1n) is 10.5. The fourth-order valence-corrected chi connectivity index (χ4v) is 6.82. The number of nitrogens with zero attached hydrogens (tertiary/aromatic N) is 2. The standard InChI is InChI=1S/C25H16AsCl2F2N3O2/c27-18-3-1-2-15(21(18)28)24(34)26-13-6-4-12-5-8-16-22(25(31)35)32-33(23(16)17(12)10-13)14-7-9-19(29)20(30)11-14/h1-4,6-7,9-11,26H,5,8H2,(H2,31,35). The summed E-state index contributed by atoms with van der Waals surface area (Å²) in [5, 5.41) is 4.90. The van der Waals surface area contributed by atoms with Gasteiger partial charge in [0, 0.05) is 0 Å². The number of amides is 1. The zero-order chi connectivity index (χ0) is 24.9. The molecule has 0 fully saturated rings. The van der Waals surface area contributed by atoms with Gasteiger partial charge in [0.1, 0.15) is 0 Å². The van der Waals surface area contributed by atoms with Crippen LogP contribution < -0.4 is 10.1 Å². The Morgan fingerprint density at radius 1 is 1.00 bits per heavy atom. The van der Waals surface area contributed by atoms with Gasteiger partial charge in [0.2, 0.25) is 0 Å². The number of rotatable bonds is 5. The molecule has 0 aliphatic heterocycles. The summed E-state index contributed by atoms with van der Waals surface area (Å²) in [5.41, 5.74) is 9.25. The van der Waals surface area contributed by atoms with Gasteiger partial charge in [-0.1, -0.05) is 0 Å². The molecule has 1 amide bonds. The molecule has 1 aliphatic rings. The van der Waals surface area contributed by atoms with Crippen molar-refractivity contribution in [2.45, 2.75) is 12.8 Å². The third-order valence-electron chi connectivity index (χ3n) is 5.83. The Morgan fingerprint density at radius 3 is 2.54 bits per heavy atom. The summed E-state index contributed by atoms with van der Waals surface area (Å²) in [6.07, 6.45) is 1.15. The molecule has 10 heteroatoms. The molecule has 4 aromatic rings. The van der Waals surface area contributed by atoms with Crippen LogP contribution in [0.1, 0.15) is 32.0 Å². The van der Waals surface area contributed by atoms with Gasteiger partial charge < -0.3 is 0 Å². The molecule has 1 unspecified atom stereocenters. The molecule has 0 spiro atoms. The van der Waals surface area contributed by atoms with Gasteiger partial charge >= 0.3 is 216 Å². The number of nitrogens with two attached hydrogens (primary N) is 1. The van der Waals surface area contributed by atoms with E-state index in [1.54, 1.807) is 18.2 Å². The minimum atomic E-state index is -1.31. The van der Waals surface area contributed by atoms with Crippen molar-refractivity contribution in [2.24, 2.45) is 5.73 Å². The van der Waals surface area contributed by atoms with Gasteiger partial charge in [-0.15, -0.1) is 0 Å². The number of benzene rings is 3. The Morgan fingerprint density at radius 2 is 1.80 bits per heavy atom. The zero-order valence-corrected chi connectivity index (χ0v) is 21.5. The summed E-state index contributed by atoms with van der Waals surface area (Å²) in [4.78, 5) is 25.1. The zero-order valence-electron chi connectivity index (χ0n) is 17.9. The monoisotopic (exact) mass is 573 g/mol. The molecule has 0 bridgehead atoms. The van der Waals surface area contributed by atoms with Crippen LogP contribution in [0, 0.1) is 11.6 Å². The second-order valence-corrected chi connectivity index (χ2v) is 11.5. The fraction of sp³-hybridized carbons (Fsp3) is 0.0800. The van der Waals surface area contributed by atoms with Gasteiger partial charge in [0.15, 0.2) is 0 Å². The van der Waals surface area contributed by atoms with E-state index in [1.807, 2.05) is 18.2 Å². The molecule has 1 aromatic heterocycles. The average Bonchev–Trinajstić information content (AvgIpc) is 3.23. The van der Waals surface area contributed by atoms with Gasteiger partial charge in [-0.25, -0.2) is 0 Å². The van der Waals surface area contributed by atoms with Gasteiger partial charge in [0.25, 0.3) is 0 Å². The number of hydrogen-bond acceptors (Lipinski definition) is 3. The van der Waals surface area contributed by atoms with E-state index < -0.39 is 33.3 Å². The predicted molar refractivity (Wildman–Crippen MR) is 132 cm³/mol. The molecule has 3 aromatic carbocycles. The number of carbonyl (C=O) groups is 2. The first kappa shape index (κ1) is 23.7. The summed E-state index contributed by atoms with van der Waals surface area (Å²) in [6, 6.07) is 14.1. The SMILES string of the molecule is NC(=O)c1nn(-c2ccc(F)c(F)c2)c2c1CCc1ccc([AsH]C(=O)c3cccc(Cl)c3Cl)cc1-2. The van der Waals surface area contributed by atoms with Gasteiger partial charge in [0.05, 0.1) is 0 Å². The molecule has 1 atom stereocenters. The van der Waals surface area contributed by atoms with Gasteiger partial charge in [-0.3, -0.25) is 0 Å². The molecule has 35 heavy (non-hydrogen) atoms. The van der Waals surface area contributed by atoms with Crippen molar-refractivity contribution in [3.63, 3.8) is 0 Å². The predicted octanol–water partition coefficient (Wildman–Crippen LogP) is 4.22. The third kappa shape index (κ3) is 4.29. The number of aryl methyl sites for hydroxylation is 1. The van der Waals surface area contributed by atoms with E-state index in [9.17, 15) is 18.4 Å². The third-order valence-corrected chi connectivity index (χ3v) is 8.95. The van der Waals surface area contributed by atoms with Crippen LogP contribution in [0.2, 0.25) is 10.0 Å². The molecule has 0 saturated heterocycles. The van der Waals surface area contributed by atoms with Crippen LogP contribution in [0.4, 0.5) is 8.78 Å². The Labute approximate surface area is 215 Å². The molecule has 1 aliphatic carbocycles. The summed E-state index contributed by atoms with van der Waals surface area (Å²) in [6.45, 7) is 0. The topological polar surface area (TPSA) is 78.0 Å². The van der Waals surface area contributed by atoms with Crippen molar-refractivity contribution in [3.8, 4) is 16.9 Å². The van der Waals surface area contributed by atoms with Gasteiger partial charge in [-0.2, -0.15) is 0 Å². The van der Waals surface area contributed by atoms with Crippen molar-refractivity contribution in [3.05, 3.63) is 98.7 Å². The van der Waals surface area contributed by atoms with E-state index in [-0.39, 0.29) is 21.0 Å². The molecule has 0 saturated carbocycles. The van der Waals surface area contributed by atoms with Crippen LogP contribution in [-0.4, -0.2) is 36.0 Å². The van der Waals surface area contributed by atoms with Crippen LogP contribution in [0.15, 0.2) is 54.6 Å². The maximum absolute atomic E-state index is 14.0. The molecule has 0 radical (unpaired) electrons. The van der Waals surface area contributed by atoms with E-state index in [2.05, 4.69) is 5.10 Å². The van der Waals surface area contributed by atoms with Crippen LogP contribution >= 0.6 is 23.2 Å². The number of fused-ring (bicyclic) bond motifs is 3. The maximum atomic E-state index is 14.0. The van der Waals surface area contributed by atoms with Crippen LogP contribution in [-0.2, 0) is 12.8 Å². The summed E-state index contributed by atoms with van der Waals surface area (Å²) in [7, 11) is 0. The van der Waals surface area contributed by atoms with Crippen LogP contribution in [0.5, 0.6) is 0 Å². The van der Waals surface area contributed by atoms with Crippen molar-refractivity contribution in [1.82, 2.24) is 9.78 Å². The number of primary amides is 1. The number of aromatic nitrogens is 2. The summed E-state index contributed by atoms with van der Waals surface area (Å²) < 4.78 is 29.8. The molecule has 176 valence electrons. The molecule has 5 rings (SSSR count). The molecular weight excluding hydrogens is 558 g/mol. The Bertz CT molecular complexity index is 1540. The summed E-state index contributed by atoms with van der Waals surface area (Å²) >= 11 is 11.0. The summed E-state index contributed by atoms with van der Waals surface area (Å²) in [5.74, 6) is -2.73. The van der Waals surface area contributed by atoms with Crippen molar-refractivity contribution >= 4 is 53.8 Å². The van der Waals surface area contributed by atoms with E-state index in [4.69, 9.17) is 28.9 Å². The van der Waals surface area contributed by atoms with E-state index >= 15 is 0 Å². The van der Waals surface area contributed by atoms with E-state index in [0.717, 1.165) is 27.6 Å².